The molecular formula is C25H24ClN3O6. The number of benzene rings is 3. The van der Waals surface area contributed by atoms with Crippen molar-refractivity contribution in [2.45, 2.75) is 13.8 Å². The molecule has 0 saturated heterocycles. The second-order valence-electron chi connectivity index (χ2n) is 6.95. The van der Waals surface area contributed by atoms with Crippen LogP contribution in [0.1, 0.15) is 40.1 Å². The van der Waals surface area contributed by atoms with E-state index in [1.807, 2.05) is 0 Å². The van der Waals surface area contributed by atoms with E-state index in [9.17, 15) is 19.7 Å². The summed E-state index contributed by atoms with van der Waals surface area (Å²) >= 11 is 0. The zero-order valence-corrected chi connectivity index (χ0v) is 19.9. The number of carbonyl (C=O) groups is 2. The Kier molecular flexibility index (Phi) is 9.92. The molecule has 0 aromatic heterocycles. The number of carbonyl (C=O) groups excluding carboxylic acids is 2. The summed E-state index contributed by atoms with van der Waals surface area (Å²) in [4.78, 5) is 38.9. The fraction of sp³-hybridized carbons (Fsp3) is 0.160. The minimum absolute atomic E-state index is 0. The van der Waals surface area contributed by atoms with E-state index in [1.165, 1.54) is 12.1 Å². The first-order valence-electron chi connectivity index (χ1n) is 10.6. The Morgan fingerprint density at radius 3 is 1.71 bits per heavy atom. The van der Waals surface area contributed by atoms with Crippen LogP contribution in [0.4, 0.5) is 17.1 Å². The van der Waals surface area contributed by atoms with Gasteiger partial charge in [-0.2, -0.15) is 0 Å². The van der Waals surface area contributed by atoms with E-state index in [-0.39, 0.29) is 31.3 Å². The van der Waals surface area contributed by atoms with Crippen LogP contribution in [0.15, 0.2) is 77.8 Å². The maximum atomic E-state index is 11.9. The molecule has 0 aliphatic rings. The number of hydrogen-bond donors (Lipinski definition) is 1. The van der Waals surface area contributed by atoms with Gasteiger partial charge in [0.15, 0.2) is 0 Å². The van der Waals surface area contributed by atoms with Crippen molar-refractivity contribution < 1.29 is 24.0 Å². The van der Waals surface area contributed by atoms with Gasteiger partial charge in [0, 0.05) is 23.4 Å². The van der Waals surface area contributed by atoms with E-state index in [4.69, 9.17) is 9.47 Å². The summed E-state index contributed by atoms with van der Waals surface area (Å²) in [5, 5.41) is 14.2. The lowest BCUT2D eigenvalue weighted by Crippen LogP contribution is -2.14. The highest BCUT2D eigenvalue weighted by Gasteiger charge is 2.11. The largest absolute Gasteiger partial charge is 0.462 e. The molecule has 0 aliphatic heterocycles. The standard InChI is InChI=1S/C25H23N3O6.ClH/c1-3-33-24(29)18-5-11-20(12-6-18)26-23(17-9-15-22(16-10-17)28(31)32)27-21-13-7-19(8-14-21)25(30)34-4-2;/h5-16H,3-4H2,1-2H3,(H,26,27);1H. The molecule has 0 atom stereocenters. The maximum absolute atomic E-state index is 11.9. The number of nitro benzene ring substituents is 1. The number of hydrogen-bond acceptors (Lipinski definition) is 7. The summed E-state index contributed by atoms with van der Waals surface area (Å²) in [5.41, 5.74) is 2.58. The Morgan fingerprint density at radius 2 is 1.26 bits per heavy atom. The van der Waals surface area contributed by atoms with Gasteiger partial charge in [-0.3, -0.25) is 10.1 Å². The number of nitrogens with zero attached hydrogens (tertiary/aromatic N) is 2. The minimum Gasteiger partial charge on any atom is -0.462 e. The van der Waals surface area contributed by atoms with Gasteiger partial charge in [0.2, 0.25) is 0 Å². The second kappa shape index (κ2) is 12.9. The number of esters is 2. The van der Waals surface area contributed by atoms with E-state index in [0.29, 0.717) is 33.9 Å². The molecule has 0 saturated carbocycles. The quantitative estimate of drug-likeness (QED) is 0.142. The van der Waals surface area contributed by atoms with Gasteiger partial charge in [0.1, 0.15) is 5.84 Å². The number of anilines is 1. The van der Waals surface area contributed by atoms with Crippen LogP contribution < -0.4 is 5.32 Å². The molecule has 9 nitrogen and oxygen atoms in total. The van der Waals surface area contributed by atoms with E-state index >= 15 is 0 Å². The molecule has 0 fully saturated rings. The molecule has 0 unspecified atom stereocenters. The second-order valence-corrected chi connectivity index (χ2v) is 6.95. The summed E-state index contributed by atoms with van der Waals surface area (Å²) in [6.07, 6.45) is 0. The van der Waals surface area contributed by atoms with E-state index in [0.717, 1.165) is 0 Å². The number of amidine groups is 1. The number of aliphatic imine (C=N–C) groups is 1. The smallest absolute Gasteiger partial charge is 0.338 e. The average molecular weight is 498 g/mol. The van der Waals surface area contributed by atoms with Crippen LogP contribution in [0.5, 0.6) is 0 Å². The summed E-state index contributed by atoms with van der Waals surface area (Å²) < 4.78 is 9.99. The van der Waals surface area contributed by atoms with Gasteiger partial charge in [0.25, 0.3) is 5.69 Å². The average Bonchev–Trinajstić information content (AvgIpc) is 2.85. The first kappa shape index (κ1) is 27.0. The Hall–Kier alpha value is -4.24. The van der Waals surface area contributed by atoms with Crippen LogP contribution in [-0.2, 0) is 9.47 Å². The number of halogens is 1. The van der Waals surface area contributed by atoms with Crippen molar-refractivity contribution in [2.75, 3.05) is 18.5 Å². The Bertz CT molecular complexity index is 1190. The van der Waals surface area contributed by atoms with Crippen LogP contribution in [0.2, 0.25) is 0 Å². The van der Waals surface area contributed by atoms with Crippen molar-refractivity contribution in [1.29, 1.82) is 0 Å². The fourth-order valence-corrected chi connectivity index (χ4v) is 2.96. The Morgan fingerprint density at radius 1 is 0.800 bits per heavy atom. The van der Waals surface area contributed by atoms with Crippen LogP contribution in [-0.4, -0.2) is 35.9 Å². The lowest BCUT2D eigenvalue weighted by molar-refractivity contribution is -0.384. The highest BCUT2D eigenvalue weighted by molar-refractivity contribution is 6.09. The Balaban J connectivity index is 0.00000432. The molecule has 3 aromatic carbocycles. The van der Waals surface area contributed by atoms with Gasteiger partial charge in [0.05, 0.1) is 35.0 Å². The topological polar surface area (TPSA) is 120 Å². The monoisotopic (exact) mass is 497 g/mol. The molecule has 3 rings (SSSR count). The number of non-ortho nitro benzene ring substituents is 1. The fourth-order valence-electron chi connectivity index (χ4n) is 2.96. The third-order valence-electron chi connectivity index (χ3n) is 4.63. The number of nitrogens with one attached hydrogen (secondary N) is 1. The minimum atomic E-state index is -0.476. The molecule has 3 aromatic rings. The van der Waals surface area contributed by atoms with Crippen LogP contribution in [0.3, 0.4) is 0 Å². The summed E-state index contributed by atoms with van der Waals surface area (Å²) in [6, 6.07) is 19.2. The molecule has 35 heavy (non-hydrogen) atoms. The van der Waals surface area contributed by atoms with Crippen molar-refractivity contribution >= 4 is 47.2 Å². The molecule has 182 valence electrons. The van der Waals surface area contributed by atoms with Gasteiger partial charge in [-0.25, -0.2) is 14.6 Å². The highest BCUT2D eigenvalue weighted by Crippen LogP contribution is 2.20. The zero-order valence-electron chi connectivity index (χ0n) is 19.1. The first-order chi connectivity index (χ1) is 16.4. The van der Waals surface area contributed by atoms with Gasteiger partial charge in [-0.05, 0) is 74.5 Å². The highest BCUT2D eigenvalue weighted by atomic mass is 35.5. The summed E-state index contributed by atoms with van der Waals surface area (Å²) in [7, 11) is 0. The Labute approximate surface area is 208 Å². The molecular weight excluding hydrogens is 474 g/mol. The molecule has 0 spiro atoms. The van der Waals surface area contributed by atoms with Crippen molar-refractivity contribution in [2.24, 2.45) is 4.99 Å². The molecule has 0 amide bonds. The van der Waals surface area contributed by atoms with Gasteiger partial charge >= 0.3 is 11.9 Å². The number of nitro groups is 1. The molecule has 0 radical (unpaired) electrons. The lowest BCUT2D eigenvalue weighted by Gasteiger charge is -2.11. The van der Waals surface area contributed by atoms with Crippen LogP contribution in [0.25, 0.3) is 0 Å². The normalized spacial score (nSPS) is 10.6. The molecule has 1 N–H and O–H groups in total. The number of rotatable bonds is 8. The predicted octanol–water partition coefficient (Wildman–Crippen LogP) is 5.56. The molecule has 0 heterocycles. The summed E-state index contributed by atoms with van der Waals surface area (Å²) in [6.45, 7) is 4.03. The van der Waals surface area contributed by atoms with Crippen molar-refractivity contribution in [3.63, 3.8) is 0 Å². The van der Waals surface area contributed by atoms with Crippen molar-refractivity contribution in [3.05, 3.63) is 99.6 Å². The molecule has 10 heteroatoms. The van der Waals surface area contributed by atoms with Crippen molar-refractivity contribution in [1.82, 2.24) is 0 Å². The zero-order chi connectivity index (χ0) is 24.5. The summed E-state index contributed by atoms with van der Waals surface area (Å²) in [5.74, 6) is -0.420. The third-order valence-corrected chi connectivity index (χ3v) is 4.63. The van der Waals surface area contributed by atoms with Gasteiger partial charge < -0.3 is 14.8 Å². The maximum Gasteiger partial charge on any atom is 0.338 e. The van der Waals surface area contributed by atoms with Gasteiger partial charge in [-0.1, -0.05) is 0 Å². The van der Waals surface area contributed by atoms with Crippen LogP contribution >= 0.6 is 12.4 Å². The van der Waals surface area contributed by atoms with E-state index < -0.39 is 16.9 Å². The van der Waals surface area contributed by atoms with Crippen LogP contribution in [0, 0.1) is 10.1 Å². The lowest BCUT2D eigenvalue weighted by atomic mass is 10.1. The van der Waals surface area contributed by atoms with E-state index in [2.05, 4.69) is 10.3 Å². The molecule has 0 aliphatic carbocycles. The van der Waals surface area contributed by atoms with Crippen molar-refractivity contribution in [3.8, 4) is 0 Å². The first-order valence-corrected chi connectivity index (χ1v) is 10.6. The number of ether oxygens (including phenoxy) is 2. The van der Waals surface area contributed by atoms with Gasteiger partial charge in [-0.15, -0.1) is 12.4 Å². The van der Waals surface area contributed by atoms with E-state index in [1.54, 1.807) is 74.5 Å². The molecule has 0 bridgehead atoms. The SMILES string of the molecule is CCOC(=O)c1ccc(N=C(Nc2ccc(C(=O)OCC)cc2)c2ccc([N+](=O)[O-])cc2)cc1.Cl. The third kappa shape index (κ3) is 7.38. The predicted molar refractivity (Wildman–Crippen MR) is 135 cm³/mol.